The van der Waals surface area contributed by atoms with Gasteiger partial charge in [-0.25, -0.2) is 0 Å². The van der Waals surface area contributed by atoms with Crippen LogP contribution in [0.5, 0.6) is 0 Å². The van der Waals surface area contributed by atoms with Crippen molar-refractivity contribution >= 4 is 5.97 Å². The van der Waals surface area contributed by atoms with Crippen molar-refractivity contribution in [2.45, 2.75) is 118 Å². The number of fused-ring (bicyclic) bond motifs is 7. The minimum atomic E-state index is -1.15. The van der Waals surface area contributed by atoms with Gasteiger partial charge in [0, 0.05) is 5.41 Å². The van der Waals surface area contributed by atoms with Crippen LogP contribution in [0.25, 0.3) is 0 Å². The summed E-state index contributed by atoms with van der Waals surface area (Å²) in [5, 5.41) is 35.2. The number of aliphatic hydroxyl groups excluding tert-OH is 2. The second kappa shape index (κ2) is 7.12. The number of hydrogen-bond acceptors (Lipinski definition) is 4. The predicted octanol–water partition coefficient (Wildman–Crippen LogP) is 4.87. The summed E-state index contributed by atoms with van der Waals surface area (Å²) >= 11 is 0. The lowest BCUT2D eigenvalue weighted by Crippen LogP contribution is -2.68. The van der Waals surface area contributed by atoms with Crippen molar-refractivity contribution in [1.29, 1.82) is 0 Å². The highest BCUT2D eigenvalue weighted by Gasteiger charge is 2.70. The molecule has 0 saturated heterocycles. The Morgan fingerprint density at radius 2 is 1.56 bits per heavy atom. The van der Waals surface area contributed by atoms with Crippen molar-refractivity contribution in [2.75, 3.05) is 0 Å². The van der Waals surface area contributed by atoms with Gasteiger partial charge >= 0.3 is 0 Å². The van der Waals surface area contributed by atoms with E-state index in [1.807, 2.05) is 0 Å². The van der Waals surface area contributed by atoms with E-state index in [9.17, 15) is 20.1 Å². The van der Waals surface area contributed by atoms with Gasteiger partial charge in [0.15, 0.2) is 0 Å². The Balaban J connectivity index is 1.63. The normalized spacial score (nSPS) is 53.4. The van der Waals surface area contributed by atoms with Gasteiger partial charge in [-0.15, -0.1) is 0 Å². The summed E-state index contributed by atoms with van der Waals surface area (Å²) in [5.41, 5.74) is 0.0476. The molecule has 34 heavy (non-hydrogen) atoms. The van der Waals surface area contributed by atoms with Crippen molar-refractivity contribution in [3.05, 3.63) is 11.6 Å². The first-order chi connectivity index (χ1) is 15.6. The van der Waals surface area contributed by atoms with Crippen molar-refractivity contribution in [3.63, 3.8) is 0 Å². The molecule has 9 atom stereocenters. The smallest absolute Gasteiger partial charge is 0.0662 e. The molecular weight excluding hydrogens is 424 g/mol. The lowest BCUT2D eigenvalue weighted by Gasteiger charge is -2.72. The van der Waals surface area contributed by atoms with Crippen LogP contribution in [-0.2, 0) is 4.79 Å². The van der Waals surface area contributed by atoms with Crippen molar-refractivity contribution < 1.29 is 20.1 Å². The Hall–Kier alpha value is -0.870. The van der Waals surface area contributed by atoms with Crippen LogP contribution in [0, 0.1) is 50.2 Å². The van der Waals surface area contributed by atoms with E-state index in [1.54, 1.807) is 0 Å². The van der Waals surface area contributed by atoms with Gasteiger partial charge in [-0.05, 0) is 103 Å². The standard InChI is InChI=1S/C30H48O4/c1-25(2)14-15-30(24(33)34)19(16-25)18-8-9-21-27(5)12-11-22(31)26(3,4)20(27)10-13-28(21,6)29(18,7)17-23(30)32/h8,19-23,31-32H,9-17H2,1-7H3,(H,33,34)/p-1/t19-,20-,21+,22-,23-,27-,28+,29+,30+/m0/s1. The molecule has 0 spiro atoms. The first-order valence-electron chi connectivity index (χ1n) is 13.8. The highest BCUT2D eigenvalue weighted by atomic mass is 16.4. The fourth-order valence-electron chi connectivity index (χ4n) is 10.7. The van der Waals surface area contributed by atoms with Gasteiger partial charge in [-0.1, -0.05) is 60.1 Å². The van der Waals surface area contributed by atoms with Gasteiger partial charge < -0.3 is 20.1 Å². The van der Waals surface area contributed by atoms with E-state index in [-0.39, 0.29) is 39.1 Å². The molecular formula is C30H47O4-. The molecule has 4 heteroatoms. The van der Waals surface area contributed by atoms with E-state index in [2.05, 4.69) is 54.5 Å². The highest BCUT2D eigenvalue weighted by molar-refractivity contribution is 5.75. The largest absolute Gasteiger partial charge is 0.549 e. The summed E-state index contributed by atoms with van der Waals surface area (Å²) in [6.45, 7) is 16.3. The minimum absolute atomic E-state index is 0.00136. The average molecular weight is 472 g/mol. The van der Waals surface area contributed by atoms with Crippen LogP contribution in [0.4, 0.5) is 0 Å². The van der Waals surface area contributed by atoms with Gasteiger partial charge in [0.2, 0.25) is 0 Å². The Labute approximate surface area is 206 Å². The van der Waals surface area contributed by atoms with Crippen LogP contribution in [0.1, 0.15) is 106 Å². The van der Waals surface area contributed by atoms with Crippen LogP contribution in [0.2, 0.25) is 0 Å². The van der Waals surface area contributed by atoms with E-state index in [0.29, 0.717) is 24.7 Å². The number of hydrogen-bond donors (Lipinski definition) is 2. The molecule has 0 aromatic rings. The monoisotopic (exact) mass is 471 g/mol. The molecule has 0 unspecified atom stereocenters. The zero-order chi connectivity index (χ0) is 25.1. The van der Waals surface area contributed by atoms with Gasteiger partial charge in [0.05, 0.1) is 18.2 Å². The van der Waals surface area contributed by atoms with Gasteiger partial charge in [0.1, 0.15) is 0 Å². The Kier molecular flexibility index (Phi) is 5.20. The molecule has 5 aliphatic rings. The van der Waals surface area contributed by atoms with Crippen molar-refractivity contribution in [2.24, 2.45) is 50.2 Å². The molecule has 0 aromatic carbocycles. The first kappa shape index (κ1) is 24.8. The maximum Gasteiger partial charge on any atom is 0.0662 e. The molecule has 0 bridgehead atoms. The number of aliphatic carboxylic acids is 1. The number of carboxylic acid groups (broad SMARTS) is 1. The zero-order valence-corrected chi connectivity index (χ0v) is 22.5. The number of carboxylic acids is 1. The highest BCUT2D eigenvalue weighted by Crippen LogP contribution is 2.75. The lowest BCUT2D eigenvalue weighted by molar-refractivity contribution is -0.333. The average Bonchev–Trinajstić information content (AvgIpc) is 2.71. The topological polar surface area (TPSA) is 80.6 Å². The molecule has 5 rings (SSSR count). The number of allylic oxidation sites excluding steroid dienone is 2. The molecule has 4 nitrogen and oxygen atoms in total. The summed E-state index contributed by atoms with van der Waals surface area (Å²) in [6, 6.07) is 0. The fourth-order valence-corrected chi connectivity index (χ4v) is 10.7. The minimum Gasteiger partial charge on any atom is -0.549 e. The van der Waals surface area contributed by atoms with Gasteiger partial charge in [-0.3, -0.25) is 0 Å². The van der Waals surface area contributed by atoms with Crippen LogP contribution in [0.3, 0.4) is 0 Å². The van der Waals surface area contributed by atoms with Crippen molar-refractivity contribution in [3.8, 4) is 0 Å². The third kappa shape index (κ3) is 2.82. The van der Waals surface area contributed by atoms with Crippen molar-refractivity contribution in [1.82, 2.24) is 0 Å². The fraction of sp³-hybridized carbons (Fsp3) is 0.900. The van der Waals surface area contributed by atoms with Gasteiger partial charge in [-0.2, -0.15) is 0 Å². The second-order valence-corrected chi connectivity index (χ2v) is 15.1. The molecule has 0 radical (unpaired) electrons. The second-order valence-electron chi connectivity index (χ2n) is 15.1. The first-order valence-corrected chi connectivity index (χ1v) is 13.8. The predicted molar refractivity (Wildman–Crippen MR) is 131 cm³/mol. The van der Waals surface area contributed by atoms with Crippen LogP contribution >= 0.6 is 0 Å². The van der Waals surface area contributed by atoms with Crippen LogP contribution < -0.4 is 5.11 Å². The Morgan fingerprint density at radius 3 is 2.21 bits per heavy atom. The Bertz CT molecular complexity index is 919. The lowest BCUT2D eigenvalue weighted by atomic mass is 9.33. The number of aliphatic hydroxyl groups is 2. The summed E-state index contributed by atoms with van der Waals surface area (Å²) in [4.78, 5) is 12.7. The molecule has 5 aliphatic carbocycles. The third-order valence-electron chi connectivity index (χ3n) is 13.0. The van der Waals surface area contributed by atoms with E-state index < -0.39 is 17.5 Å². The van der Waals surface area contributed by atoms with E-state index in [0.717, 1.165) is 44.9 Å². The van der Waals surface area contributed by atoms with Crippen LogP contribution in [0.15, 0.2) is 11.6 Å². The van der Waals surface area contributed by atoms with Crippen LogP contribution in [-0.4, -0.2) is 28.4 Å². The molecule has 0 heterocycles. The number of carbonyl (C=O) groups excluding carboxylic acids is 1. The summed E-state index contributed by atoms with van der Waals surface area (Å²) in [6.07, 6.45) is 9.00. The molecule has 4 saturated carbocycles. The van der Waals surface area contributed by atoms with E-state index in [4.69, 9.17) is 0 Å². The summed E-state index contributed by atoms with van der Waals surface area (Å²) in [7, 11) is 0. The SMILES string of the molecule is CC1(C)CC[C@]2(C(=O)[O-])[C@@H](O)C[C@]3(C)C(=CC[C@@H]4[C@@]5(C)CC[C@H](O)C(C)(C)[C@@H]5CC[C@]43C)[C@@H]2C1. The number of carbonyl (C=O) groups is 1. The summed E-state index contributed by atoms with van der Waals surface area (Å²) in [5.74, 6) is -0.249. The molecule has 2 N–H and O–H groups in total. The maximum absolute atomic E-state index is 12.7. The Morgan fingerprint density at radius 1 is 0.882 bits per heavy atom. The van der Waals surface area contributed by atoms with Gasteiger partial charge in [0.25, 0.3) is 0 Å². The third-order valence-corrected chi connectivity index (χ3v) is 13.0. The molecule has 192 valence electrons. The summed E-state index contributed by atoms with van der Waals surface area (Å²) < 4.78 is 0. The quantitative estimate of drug-likeness (QED) is 0.535. The molecule has 4 fully saturated rings. The molecule has 0 amide bonds. The van der Waals surface area contributed by atoms with E-state index >= 15 is 0 Å². The van der Waals surface area contributed by atoms with E-state index in [1.165, 1.54) is 5.57 Å². The number of rotatable bonds is 1. The maximum atomic E-state index is 12.7. The zero-order valence-electron chi connectivity index (χ0n) is 22.5. The molecule has 0 aliphatic heterocycles. The molecule has 0 aromatic heterocycles.